The zero-order valence-electron chi connectivity index (χ0n) is 11.7. The highest BCUT2D eigenvalue weighted by atomic mass is 16.6. The number of aliphatic hydroxyl groups excluding tert-OH is 3. The van der Waals surface area contributed by atoms with Gasteiger partial charge in [-0.3, -0.25) is 10.1 Å². The van der Waals surface area contributed by atoms with Crippen molar-refractivity contribution in [1.29, 1.82) is 0 Å². The summed E-state index contributed by atoms with van der Waals surface area (Å²) in [4.78, 5) is 10.7. The van der Waals surface area contributed by atoms with E-state index in [2.05, 4.69) is 0 Å². The van der Waals surface area contributed by atoms with Crippen molar-refractivity contribution in [3.63, 3.8) is 0 Å². The van der Waals surface area contributed by atoms with Crippen molar-refractivity contribution in [2.24, 2.45) is 0 Å². The van der Waals surface area contributed by atoms with E-state index in [0.717, 1.165) is 0 Å². The number of nitrogens with two attached hydrogens (primary N) is 2. The lowest BCUT2D eigenvalue weighted by atomic mass is 9.90. The normalized spacial score (nSPS) is 10.8. The van der Waals surface area contributed by atoms with E-state index in [4.69, 9.17) is 21.7 Å². The van der Waals surface area contributed by atoms with E-state index in [9.17, 15) is 15.2 Å². The van der Waals surface area contributed by atoms with E-state index in [1.807, 2.05) is 0 Å². The van der Waals surface area contributed by atoms with Gasteiger partial charge in [-0.05, 0) is 36.8 Å². The quantitative estimate of drug-likeness (QED) is 0.252. The predicted molar refractivity (Wildman–Crippen MR) is 78.9 cm³/mol. The molecule has 0 amide bonds. The standard InChI is InChI=1S/C13H21N3O5/c14-11-9(4-7-19)8(3-6-18)10(2-1-5-17)13(12(11)15)16(20)21/h17-19H,1-7,14-15H2. The van der Waals surface area contributed by atoms with Gasteiger partial charge < -0.3 is 26.8 Å². The molecule has 8 nitrogen and oxygen atoms in total. The Kier molecular flexibility index (Phi) is 6.35. The lowest BCUT2D eigenvalue weighted by Gasteiger charge is -2.18. The molecule has 0 bridgehead atoms. The monoisotopic (exact) mass is 299 g/mol. The van der Waals surface area contributed by atoms with Gasteiger partial charge in [-0.25, -0.2) is 0 Å². The van der Waals surface area contributed by atoms with E-state index in [1.165, 1.54) is 0 Å². The first-order valence-corrected chi connectivity index (χ1v) is 6.68. The molecule has 118 valence electrons. The highest BCUT2D eigenvalue weighted by Gasteiger charge is 2.27. The number of anilines is 2. The fourth-order valence-electron chi connectivity index (χ4n) is 2.48. The highest BCUT2D eigenvalue weighted by molar-refractivity contribution is 5.81. The van der Waals surface area contributed by atoms with E-state index in [1.54, 1.807) is 0 Å². The Morgan fingerprint density at radius 1 is 0.857 bits per heavy atom. The van der Waals surface area contributed by atoms with Crippen LogP contribution in [0.1, 0.15) is 23.1 Å². The van der Waals surface area contributed by atoms with Gasteiger partial charge in [0, 0.05) is 25.4 Å². The van der Waals surface area contributed by atoms with E-state index in [-0.39, 0.29) is 56.1 Å². The van der Waals surface area contributed by atoms with Gasteiger partial charge in [0.25, 0.3) is 5.69 Å². The molecule has 0 unspecified atom stereocenters. The molecular formula is C13H21N3O5. The SMILES string of the molecule is Nc1c(N)c([N+](=O)[O-])c(CCCO)c(CCO)c1CCO. The van der Waals surface area contributed by atoms with E-state index >= 15 is 0 Å². The van der Waals surface area contributed by atoms with Gasteiger partial charge in [-0.15, -0.1) is 0 Å². The molecule has 0 aliphatic heterocycles. The second-order valence-electron chi connectivity index (χ2n) is 4.64. The molecule has 0 atom stereocenters. The molecule has 1 rings (SSSR count). The molecule has 0 radical (unpaired) electrons. The third-order valence-corrected chi connectivity index (χ3v) is 3.38. The Morgan fingerprint density at radius 2 is 1.43 bits per heavy atom. The number of hydrogen-bond donors (Lipinski definition) is 5. The molecule has 0 saturated carbocycles. The summed E-state index contributed by atoms with van der Waals surface area (Å²) in [6.45, 7) is -0.500. The number of nitrogen functional groups attached to an aromatic ring is 2. The first kappa shape index (κ1) is 17.2. The number of nitrogens with zero attached hydrogens (tertiary/aromatic N) is 1. The van der Waals surface area contributed by atoms with Crippen LogP contribution < -0.4 is 11.5 Å². The molecule has 0 aliphatic carbocycles. The van der Waals surface area contributed by atoms with Crippen molar-refractivity contribution >= 4 is 17.1 Å². The van der Waals surface area contributed by atoms with Crippen molar-refractivity contribution in [2.45, 2.75) is 25.7 Å². The molecule has 0 aromatic heterocycles. The maximum Gasteiger partial charge on any atom is 0.297 e. The van der Waals surface area contributed by atoms with Crippen LogP contribution in [0, 0.1) is 10.1 Å². The van der Waals surface area contributed by atoms with Crippen LogP contribution in [0.5, 0.6) is 0 Å². The molecule has 0 fully saturated rings. The maximum absolute atomic E-state index is 11.3. The number of rotatable bonds is 8. The lowest BCUT2D eigenvalue weighted by Crippen LogP contribution is -2.14. The van der Waals surface area contributed by atoms with Crippen LogP contribution >= 0.6 is 0 Å². The average Bonchev–Trinajstić information content (AvgIpc) is 2.44. The maximum atomic E-state index is 11.3. The first-order valence-electron chi connectivity index (χ1n) is 6.68. The van der Waals surface area contributed by atoms with Crippen molar-refractivity contribution < 1.29 is 20.2 Å². The largest absolute Gasteiger partial charge is 0.397 e. The molecule has 0 spiro atoms. The Labute approximate surface area is 122 Å². The molecule has 1 aromatic rings. The van der Waals surface area contributed by atoms with Gasteiger partial charge in [0.1, 0.15) is 5.69 Å². The molecule has 0 saturated heterocycles. The molecule has 1 aromatic carbocycles. The zero-order chi connectivity index (χ0) is 16.0. The summed E-state index contributed by atoms with van der Waals surface area (Å²) >= 11 is 0. The minimum Gasteiger partial charge on any atom is -0.397 e. The van der Waals surface area contributed by atoms with Gasteiger partial charge >= 0.3 is 0 Å². The third kappa shape index (κ3) is 3.60. The number of nitro benzene ring substituents is 1. The highest BCUT2D eigenvalue weighted by Crippen LogP contribution is 2.39. The van der Waals surface area contributed by atoms with Gasteiger partial charge in [-0.2, -0.15) is 0 Å². The third-order valence-electron chi connectivity index (χ3n) is 3.38. The second kappa shape index (κ2) is 7.77. The minimum atomic E-state index is -0.595. The number of benzene rings is 1. The van der Waals surface area contributed by atoms with Crippen molar-refractivity contribution in [1.82, 2.24) is 0 Å². The zero-order valence-corrected chi connectivity index (χ0v) is 11.7. The fourth-order valence-corrected chi connectivity index (χ4v) is 2.48. The van der Waals surface area contributed by atoms with Crippen LogP contribution in [0.3, 0.4) is 0 Å². The minimum absolute atomic E-state index is 0.0759. The van der Waals surface area contributed by atoms with Gasteiger partial charge in [0.05, 0.1) is 10.6 Å². The van der Waals surface area contributed by atoms with Crippen LogP contribution in [0.25, 0.3) is 0 Å². The van der Waals surface area contributed by atoms with Crippen LogP contribution in [0.4, 0.5) is 17.1 Å². The fraction of sp³-hybridized carbons (Fsp3) is 0.538. The Hall–Kier alpha value is -1.90. The molecule has 7 N–H and O–H groups in total. The summed E-state index contributed by atoms with van der Waals surface area (Å²) in [6.07, 6.45) is 0.975. The van der Waals surface area contributed by atoms with Gasteiger partial charge in [0.2, 0.25) is 0 Å². The Bertz CT molecular complexity index is 519. The summed E-state index contributed by atoms with van der Waals surface area (Å²) in [5.74, 6) is 0. The van der Waals surface area contributed by atoms with E-state index in [0.29, 0.717) is 23.1 Å². The van der Waals surface area contributed by atoms with Crippen LogP contribution in [0.2, 0.25) is 0 Å². The smallest absolute Gasteiger partial charge is 0.297 e. The average molecular weight is 299 g/mol. The van der Waals surface area contributed by atoms with Gasteiger partial charge in [-0.1, -0.05) is 0 Å². The van der Waals surface area contributed by atoms with Crippen LogP contribution in [0.15, 0.2) is 0 Å². The topological polar surface area (TPSA) is 156 Å². The van der Waals surface area contributed by atoms with Crippen LogP contribution in [-0.2, 0) is 19.3 Å². The van der Waals surface area contributed by atoms with Crippen molar-refractivity contribution in [2.75, 3.05) is 31.3 Å². The Balaban J connectivity index is 3.61. The van der Waals surface area contributed by atoms with Crippen LogP contribution in [-0.4, -0.2) is 40.1 Å². The Morgan fingerprint density at radius 3 is 1.90 bits per heavy atom. The molecule has 21 heavy (non-hydrogen) atoms. The number of nitro groups is 1. The predicted octanol–water partition coefficient (Wildman–Crippen LogP) is -0.246. The summed E-state index contributed by atoms with van der Waals surface area (Å²) in [6, 6.07) is 0. The molecular weight excluding hydrogens is 278 g/mol. The number of aliphatic hydroxyl groups is 3. The van der Waals surface area contributed by atoms with Crippen molar-refractivity contribution in [3.05, 3.63) is 26.8 Å². The lowest BCUT2D eigenvalue weighted by molar-refractivity contribution is -0.384. The van der Waals surface area contributed by atoms with Crippen molar-refractivity contribution in [3.8, 4) is 0 Å². The summed E-state index contributed by atoms with van der Waals surface area (Å²) < 4.78 is 0. The van der Waals surface area contributed by atoms with E-state index < -0.39 is 4.92 Å². The molecule has 8 heteroatoms. The second-order valence-corrected chi connectivity index (χ2v) is 4.64. The summed E-state index contributed by atoms with van der Waals surface area (Å²) in [7, 11) is 0. The first-order chi connectivity index (χ1) is 9.99. The summed E-state index contributed by atoms with van der Waals surface area (Å²) in [5.41, 5.74) is 12.8. The molecule has 0 aliphatic rings. The molecule has 0 heterocycles. The number of hydrogen-bond acceptors (Lipinski definition) is 7. The van der Waals surface area contributed by atoms with Gasteiger partial charge in [0.15, 0.2) is 0 Å². The summed E-state index contributed by atoms with van der Waals surface area (Å²) in [5, 5.41) is 38.6.